The summed E-state index contributed by atoms with van der Waals surface area (Å²) in [5.41, 5.74) is 0. The molecule has 32 heavy (non-hydrogen) atoms. The predicted octanol–water partition coefficient (Wildman–Crippen LogP) is 2.49. The Kier molecular flexibility index (Phi) is 7.32. The van der Waals surface area contributed by atoms with Gasteiger partial charge in [-0.1, -0.05) is 23.2 Å². The van der Waals surface area contributed by atoms with Crippen LogP contribution >= 0.6 is 23.2 Å². The van der Waals surface area contributed by atoms with E-state index in [9.17, 15) is 26.6 Å². The molecule has 0 aliphatic carbocycles. The van der Waals surface area contributed by atoms with E-state index < -0.39 is 46.7 Å². The number of rotatable bonds is 6. The second-order valence-electron chi connectivity index (χ2n) is 6.56. The maximum absolute atomic E-state index is 13.0. The van der Waals surface area contributed by atoms with Crippen molar-refractivity contribution in [3.05, 3.63) is 68.4 Å². The summed E-state index contributed by atoms with van der Waals surface area (Å²) in [5.74, 6) is 0. The molecule has 1 aliphatic heterocycles. The first-order valence-electron chi connectivity index (χ1n) is 8.76. The van der Waals surface area contributed by atoms with Crippen LogP contribution in [0.1, 0.15) is 0 Å². The van der Waals surface area contributed by atoms with Gasteiger partial charge in [0.15, 0.2) is 0 Å². The molecular formula is C16H16Cl2N6O6S2. The Morgan fingerprint density at radius 2 is 0.875 bits per heavy atom. The van der Waals surface area contributed by atoms with E-state index in [1.807, 2.05) is 0 Å². The number of benzene rings is 2. The van der Waals surface area contributed by atoms with Gasteiger partial charge in [-0.3, -0.25) is 0 Å². The number of nitrogens with zero attached hydrogens (tertiary/aromatic N) is 6. The molecule has 2 aromatic carbocycles. The smallest absolute Gasteiger partial charge is 0.230 e. The van der Waals surface area contributed by atoms with Gasteiger partial charge in [0.2, 0.25) is 20.0 Å². The lowest BCUT2D eigenvalue weighted by Crippen LogP contribution is -2.54. The molecule has 0 saturated carbocycles. The highest BCUT2D eigenvalue weighted by Gasteiger charge is 2.36. The molecule has 0 radical (unpaired) electrons. The zero-order valence-corrected chi connectivity index (χ0v) is 19.3. The van der Waals surface area contributed by atoms with Crippen molar-refractivity contribution >= 4 is 43.2 Å². The van der Waals surface area contributed by atoms with Crippen LogP contribution in [0.5, 0.6) is 0 Å². The normalized spacial score (nSPS) is 16.9. The summed E-state index contributed by atoms with van der Waals surface area (Å²) in [6.45, 7) is -2.53. The van der Waals surface area contributed by atoms with Crippen LogP contribution in [0.3, 0.4) is 0 Å². The fraction of sp³-hybridized carbons (Fsp3) is 0.250. The molecule has 172 valence electrons. The Hall–Kier alpha value is -2.36. The van der Waals surface area contributed by atoms with Crippen molar-refractivity contribution in [3.63, 3.8) is 0 Å². The zero-order valence-electron chi connectivity index (χ0n) is 16.2. The minimum absolute atomic E-state index is 0.148. The maximum atomic E-state index is 13.0. The van der Waals surface area contributed by atoms with Crippen molar-refractivity contribution < 1.29 is 16.8 Å². The van der Waals surface area contributed by atoms with Gasteiger partial charge in [-0.05, 0) is 48.5 Å². The number of sulfonamides is 2. The molecule has 0 aromatic heterocycles. The summed E-state index contributed by atoms with van der Waals surface area (Å²) in [5, 5.41) is 7.51. The van der Waals surface area contributed by atoms with Crippen LogP contribution in [0.25, 0.3) is 0 Å². The Labute approximate surface area is 193 Å². The van der Waals surface area contributed by atoms with E-state index in [0.717, 1.165) is 8.61 Å². The minimum atomic E-state index is -4.20. The second kappa shape index (κ2) is 9.64. The third kappa shape index (κ3) is 5.16. The van der Waals surface area contributed by atoms with Gasteiger partial charge in [0.05, 0.1) is 20.4 Å². The Bertz CT molecular complexity index is 1090. The summed E-state index contributed by atoms with van der Waals surface area (Å²) in [4.78, 5) is 22.5. The molecule has 16 heteroatoms. The molecule has 0 unspecified atom stereocenters. The maximum Gasteiger partial charge on any atom is 0.246 e. The molecule has 3 rings (SSSR count). The molecule has 1 heterocycles. The van der Waals surface area contributed by atoms with E-state index >= 15 is 0 Å². The van der Waals surface area contributed by atoms with Crippen LogP contribution < -0.4 is 0 Å². The van der Waals surface area contributed by atoms with E-state index in [1.165, 1.54) is 48.5 Å². The van der Waals surface area contributed by atoms with Crippen molar-refractivity contribution in [2.45, 2.75) is 9.79 Å². The van der Waals surface area contributed by atoms with Gasteiger partial charge in [0.1, 0.15) is 26.7 Å². The highest BCUT2D eigenvalue weighted by molar-refractivity contribution is 7.89. The molecule has 0 amide bonds. The lowest BCUT2D eigenvalue weighted by atomic mass is 10.4. The van der Waals surface area contributed by atoms with Crippen molar-refractivity contribution in [1.82, 2.24) is 18.6 Å². The molecular weight excluding hydrogens is 507 g/mol. The van der Waals surface area contributed by atoms with Crippen molar-refractivity contribution in [2.24, 2.45) is 10.6 Å². The van der Waals surface area contributed by atoms with Crippen LogP contribution in [0.2, 0.25) is 10.0 Å². The Balaban J connectivity index is 1.93. The monoisotopic (exact) mass is 522 g/mol. The first kappa shape index (κ1) is 24.3. The molecule has 1 saturated heterocycles. The Morgan fingerprint density at radius 3 is 1.12 bits per heavy atom. The van der Waals surface area contributed by atoms with Gasteiger partial charge in [-0.25, -0.2) is 26.9 Å². The molecule has 1 fully saturated rings. The lowest BCUT2D eigenvalue weighted by Gasteiger charge is -2.36. The number of hydrogen-bond acceptors (Lipinski definition) is 8. The molecule has 1 aliphatic rings. The fourth-order valence-corrected chi connectivity index (χ4v) is 5.78. The van der Waals surface area contributed by atoms with Crippen molar-refractivity contribution in [2.75, 3.05) is 26.7 Å². The van der Waals surface area contributed by atoms with Crippen LogP contribution in [0.4, 0.5) is 0 Å². The highest BCUT2D eigenvalue weighted by Crippen LogP contribution is 2.24. The standard InChI is InChI=1S/C16H16Cl2N6O6S2/c17-13-1-5-15(6-2-13)31(27,28)23-9-21(19-25)11-24(12-22(10-23)20-26)32(29,30)16-7-3-14(18)4-8-16/h1-8H,9-12H2. The molecule has 0 bridgehead atoms. The first-order valence-corrected chi connectivity index (χ1v) is 12.4. The molecule has 0 atom stereocenters. The summed E-state index contributed by atoms with van der Waals surface area (Å²) in [6.07, 6.45) is 0. The van der Waals surface area contributed by atoms with E-state index in [4.69, 9.17) is 23.2 Å². The molecule has 0 spiro atoms. The van der Waals surface area contributed by atoms with Gasteiger partial charge in [0, 0.05) is 10.0 Å². The van der Waals surface area contributed by atoms with Gasteiger partial charge >= 0.3 is 0 Å². The summed E-state index contributed by atoms with van der Waals surface area (Å²) in [7, 11) is -8.41. The van der Waals surface area contributed by atoms with Gasteiger partial charge in [-0.2, -0.15) is 8.61 Å². The van der Waals surface area contributed by atoms with Crippen LogP contribution in [0, 0.1) is 9.81 Å². The second-order valence-corrected chi connectivity index (χ2v) is 11.3. The molecule has 12 nitrogen and oxygen atoms in total. The van der Waals surface area contributed by atoms with Gasteiger partial charge < -0.3 is 0 Å². The average Bonchev–Trinajstić information content (AvgIpc) is 2.74. The average molecular weight is 523 g/mol. The largest absolute Gasteiger partial charge is 0.246 e. The van der Waals surface area contributed by atoms with E-state index in [1.54, 1.807) is 0 Å². The number of nitroso groups, excluding NO2 is 2. The van der Waals surface area contributed by atoms with Crippen molar-refractivity contribution in [1.29, 1.82) is 0 Å². The Morgan fingerprint density at radius 1 is 0.594 bits per heavy atom. The van der Waals surface area contributed by atoms with Crippen LogP contribution in [-0.2, 0) is 20.0 Å². The first-order chi connectivity index (χ1) is 15.1. The van der Waals surface area contributed by atoms with Crippen molar-refractivity contribution in [3.8, 4) is 0 Å². The van der Waals surface area contributed by atoms with Crippen LogP contribution in [-0.4, -0.2) is 62.1 Å². The SMILES string of the molecule is O=NN1CN(S(=O)(=O)c2ccc(Cl)cc2)CN(N=O)CN(S(=O)(=O)c2ccc(Cl)cc2)C1. The van der Waals surface area contributed by atoms with E-state index in [0.29, 0.717) is 20.1 Å². The van der Waals surface area contributed by atoms with E-state index in [2.05, 4.69) is 10.6 Å². The topological polar surface area (TPSA) is 140 Å². The fourth-order valence-electron chi connectivity index (χ4n) is 2.83. The highest BCUT2D eigenvalue weighted by atomic mass is 35.5. The minimum Gasteiger partial charge on any atom is -0.230 e. The quantitative estimate of drug-likeness (QED) is 0.526. The number of halogens is 2. The summed E-state index contributed by atoms with van der Waals surface area (Å²) < 4.78 is 53.6. The molecule has 2 aromatic rings. The van der Waals surface area contributed by atoms with Gasteiger partial charge in [0.25, 0.3) is 0 Å². The lowest BCUT2D eigenvalue weighted by molar-refractivity contribution is 0.0405. The number of hydrogen-bond donors (Lipinski definition) is 0. The van der Waals surface area contributed by atoms with E-state index in [-0.39, 0.29) is 9.79 Å². The third-order valence-corrected chi connectivity index (χ3v) is 8.48. The van der Waals surface area contributed by atoms with Crippen LogP contribution in [0.15, 0.2) is 68.9 Å². The molecule has 0 N–H and O–H groups in total. The summed E-state index contributed by atoms with van der Waals surface area (Å²) >= 11 is 11.6. The predicted molar refractivity (Wildman–Crippen MR) is 116 cm³/mol. The van der Waals surface area contributed by atoms with Gasteiger partial charge in [-0.15, -0.1) is 9.81 Å². The third-order valence-electron chi connectivity index (χ3n) is 4.42. The zero-order chi connectivity index (χ0) is 23.5. The summed E-state index contributed by atoms with van der Waals surface area (Å²) in [6, 6.07) is 10.5.